The van der Waals surface area contributed by atoms with Crippen molar-refractivity contribution in [3.63, 3.8) is 0 Å². The first-order valence-electron chi connectivity index (χ1n) is 9.75. The molecular formula is C17H35N5O3S. The standard InChI is InChI=1S/C17H35N5O3S/c1-4-18-17(19-8-6-9-22(5-2)26(3,23)24)21-10-7-16(15-21)20-11-13-25-14-12-20/h16H,4-15H2,1-3H3,(H,18,19). The number of guanidine groups is 1. The van der Waals surface area contributed by atoms with E-state index in [-0.39, 0.29) is 0 Å². The van der Waals surface area contributed by atoms with Crippen LogP contribution in [0, 0.1) is 0 Å². The fourth-order valence-electron chi connectivity index (χ4n) is 3.59. The van der Waals surface area contributed by atoms with Crippen LogP contribution in [0.3, 0.4) is 0 Å². The summed E-state index contributed by atoms with van der Waals surface area (Å²) in [5, 5.41) is 3.38. The number of aliphatic imine (C=N–C) groups is 1. The number of hydrogen-bond acceptors (Lipinski definition) is 5. The molecule has 26 heavy (non-hydrogen) atoms. The van der Waals surface area contributed by atoms with Gasteiger partial charge in [0, 0.05) is 58.4 Å². The molecule has 1 atom stereocenters. The first-order valence-corrected chi connectivity index (χ1v) is 11.6. The summed E-state index contributed by atoms with van der Waals surface area (Å²) in [4.78, 5) is 9.59. The van der Waals surface area contributed by atoms with Crippen LogP contribution in [-0.2, 0) is 14.8 Å². The Labute approximate surface area is 158 Å². The van der Waals surface area contributed by atoms with Gasteiger partial charge in [0.1, 0.15) is 0 Å². The molecule has 2 heterocycles. The molecule has 152 valence electrons. The Bertz CT molecular complexity index is 549. The SMILES string of the molecule is CCNC(=NCCCN(CC)S(C)(=O)=O)N1CCC(N2CCOCC2)C1. The lowest BCUT2D eigenvalue weighted by molar-refractivity contribution is 0.0195. The minimum Gasteiger partial charge on any atom is -0.379 e. The summed E-state index contributed by atoms with van der Waals surface area (Å²) in [6.45, 7) is 12.2. The summed E-state index contributed by atoms with van der Waals surface area (Å²) < 4.78 is 30.2. The minimum absolute atomic E-state index is 0.510. The molecular weight excluding hydrogens is 354 g/mol. The molecule has 2 saturated heterocycles. The molecule has 0 aromatic heterocycles. The molecule has 0 bridgehead atoms. The lowest BCUT2D eigenvalue weighted by Crippen LogP contribution is -2.46. The van der Waals surface area contributed by atoms with Crippen LogP contribution >= 0.6 is 0 Å². The van der Waals surface area contributed by atoms with Gasteiger partial charge in [-0.05, 0) is 19.8 Å². The molecule has 8 nitrogen and oxygen atoms in total. The van der Waals surface area contributed by atoms with Crippen LogP contribution in [0.25, 0.3) is 0 Å². The quantitative estimate of drug-likeness (QED) is 0.359. The summed E-state index contributed by atoms with van der Waals surface area (Å²) in [7, 11) is -3.12. The van der Waals surface area contributed by atoms with E-state index in [2.05, 4.69) is 22.0 Å². The number of nitrogens with one attached hydrogen (secondary N) is 1. The van der Waals surface area contributed by atoms with Crippen molar-refractivity contribution < 1.29 is 13.2 Å². The average Bonchev–Trinajstić information content (AvgIpc) is 3.10. The maximum atomic E-state index is 11.6. The van der Waals surface area contributed by atoms with Crippen molar-refractivity contribution in [3.05, 3.63) is 0 Å². The molecule has 0 radical (unpaired) electrons. The molecule has 0 spiro atoms. The summed E-state index contributed by atoms with van der Waals surface area (Å²) in [5.41, 5.74) is 0. The van der Waals surface area contributed by atoms with Crippen LogP contribution < -0.4 is 5.32 Å². The fourth-order valence-corrected chi connectivity index (χ4v) is 4.52. The van der Waals surface area contributed by atoms with Crippen molar-refractivity contribution in [1.82, 2.24) is 19.4 Å². The van der Waals surface area contributed by atoms with Gasteiger partial charge < -0.3 is 15.0 Å². The first kappa shape index (κ1) is 21.4. The monoisotopic (exact) mass is 389 g/mol. The zero-order chi connectivity index (χ0) is 19.0. The van der Waals surface area contributed by atoms with Crippen molar-refractivity contribution in [2.45, 2.75) is 32.7 Å². The van der Waals surface area contributed by atoms with E-state index in [0.29, 0.717) is 25.7 Å². The molecule has 1 N–H and O–H groups in total. The van der Waals surface area contributed by atoms with E-state index in [4.69, 9.17) is 9.73 Å². The van der Waals surface area contributed by atoms with Crippen LogP contribution in [0.4, 0.5) is 0 Å². The van der Waals surface area contributed by atoms with E-state index >= 15 is 0 Å². The van der Waals surface area contributed by atoms with Gasteiger partial charge in [-0.2, -0.15) is 0 Å². The van der Waals surface area contributed by atoms with Gasteiger partial charge in [0.15, 0.2) is 5.96 Å². The second-order valence-electron chi connectivity index (χ2n) is 6.88. The van der Waals surface area contributed by atoms with Crippen LogP contribution in [0.2, 0.25) is 0 Å². The Morgan fingerprint density at radius 3 is 2.62 bits per heavy atom. The maximum Gasteiger partial charge on any atom is 0.211 e. The Balaban J connectivity index is 1.84. The molecule has 2 aliphatic rings. The summed E-state index contributed by atoms with van der Waals surface area (Å²) in [5.74, 6) is 0.950. The van der Waals surface area contributed by atoms with E-state index in [1.165, 1.54) is 10.6 Å². The van der Waals surface area contributed by atoms with Crippen LogP contribution in [-0.4, -0.2) is 106 Å². The molecule has 0 aromatic carbocycles. The van der Waals surface area contributed by atoms with Crippen molar-refractivity contribution in [2.75, 3.05) is 71.8 Å². The van der Waals surface area contributed by atoms with Crippen molar-refractivity contribution in [3.8, 4) is 0 Å². The second kappa shape index (κ2) is 10.4. The highest BCUT2D eigenvalue weighted by Gasteiger charge is 2.30. The molecule has 1 unspecified atom stereocenters. The number of hydrogen-bond donors (Lipinski definition) is 1. The second-order valence-corrected chi connectivity index (χ2v) is 8.86. The van der Waals surface area contributed by atoms with Crippen LogP contribution in [0.5, 0.6) is 0 Å². The third-order valence-corrected chi connectivity index (χ3v) is 6.39. The molecule has 0 saturated carbocycles. The lowest BCUT2D eigenvalue weighted by Gasteiger charge is -2.32. The predicted molar refractivity (Wildman–Crippen MR) is 105 cm³/mol. The molecule has 2 fully saturated rings. The zero-order valence-corrected chi connectivity index (χ0v) is 17.3. The number of likely N-dealkylation sites (tertiary alicyclic amines) is 1. The minimum atomic E-state index is -3.12. The van der Waals surface area contributed by atoms with Crippen molar-refractivity contribution in [1.29, 1.82) is 0 Å². The highest BCUT2D eigenvalue weighted by molar-refractivity contribution is 7.88. The Morgan fingerprint density at radius 1 is 1.27 bits per heavy atom. The van der Waals surface area contributed by atoms with Gasteiger partial charge in [-0.15, -0.1) is 0 Å². The van der Waals surface area contributed by atoms with Gasteiger partial charge in [-0.1, -0.05) is 6.92 Å². The third-order valence-electron chi connectivity index (χ3n) is 5.01. The van der Waals surface area contributed by atoms with E-state index < -0.39 is 10.0 Å². The number of morpholine rings is 1. The molecule has 2 aliphatic heterocycles. The number of sulfonamides is 1. The van der Waals surface area contributed by atoms with Gasteiger partial charge >= 0.3 is 0 Å². The Morgan fingerprint density at radius 2 is 2.00 bits per heavy atom. The molecule has 9 heteroatoms. The first-order chi connectivity index (χ1) is 12.5. The smallest absolute Gasteiger partial charge is 0.211 e. The molecule has 0 amide bonds. The van der Waals surface area contributed by atoms with Gasteiger partial charge in [0.2, 0.25) is 10.0 Å². The number of nitrogens with zero attached hydrogens (tertiary/aromatic N) is 4. The fraction of sp³-hybridized carbons (Fsp3) is 0.941. The van der Waals surface area contributed by atoms with Gasteiger partial charge in [-0.25, -0.2) is 12.7 Å². The summed E-state index contributed by atoms with van der Waals surface area (Å²) in [6.07, 6.45) is 3.15. The summed E-state index contributed by atoms with van der Waals surface area (Å²) in [6, 6.07) is 0.573. The number of ether oxygens (including phenoxy) is 1. The largest absolute Gasteiger partial charge is 0.379 e. The Hall–Kier alpha value is -0.900. The normalized spacial score (nSPS) is 23.0. The summed E-state index contributed by atoms with van der Waals surface area (Å²) >= 11 is 0. The van der Waals surface area contributed by atoms with Crippen molar-refractivity contribution >= 4 is 16.0 Å². The van der Waals surface area contributed by atoms with E-state index in [0.717, 1.165) is 64.7 Å². The van der Waals surface area contributed by atoms with E-state index in [1.807, 2.05) is 6.92 Å². The molecule has 0 aromatic rings. The van der Waals surface area contributed by atoms with E-state index in [9.17, 15) is 8.42 Å². The predicted octanol–water partition coefficient (Wildman–Crippen LogP) is 0.0300. The Kier molecular flexibility index (Phi) is 8.59. The van der Waals surface area contributed by atoms with Gasteiger partial charge in [0.25, 0.3) is 0 Å². The van der Waals surface area contributed by atoms with Crippen LogP contribution in [0.1, 0.15) is 26.7 Å². The highest BCUT2D eigenvalue weighted by atomic mass is 32.2. The highest BCUT2D eigenvalue weighted by Crippen LogP contribution is 2.17. The molecule has 0 aliphatic carbocycles. The maximum absolute atomic E-state index is 11.6. The zero-order valence-electron chi connectivity index (χ0n) is 16.5. The number of rotatable bonds is 8. The van der Waals surface area contributed by atoms with Crippen LogP contribution in [0.15, 0.2) is 4.99 Å². The third kappa shape index (κ3) is 6.37. The van der Waals surface area contributed by atoms with Crippen molar-refractivity contribution in [2.24, 2.45) is 4.99 Å². The van der Waals surface area contributed by atoms with E-state index in [1.54, 1.807) is 0 Å². The van der Waals surface area contributed by atoms with Gasteiger partial charge in [-0.3, -0.25) is 9.89 Å². The molecule has 2 rings (SSSR count). The topological polar surface area (TPSA) is 77.5 Å². The average molecular weight is 390 g/mol. The van der Waals surface area contributed by atoms with Gasteiger partial charge in [0.05, 0.1) is 19.5 Å². The lowest BCUT2D eigenvalue weighted by atomic mass is 10.2.